The van der Waals surface area contributed by atoms with Crippen LogP contribution in [0.2, 0.25) is 0 Å². The maximum atomic E-state index is 13.6. The Hall–Kier alpha value is -3.97. The molecular formula is C26H24N4O3. The highest BCUT2D eigenvalue weighted by molar-refractivity contribution is 5.91. The molecule has 166 valence electrons. The molecule has 5 aromatic rings. The van der Waals surface area contributed by atoms with Crippen molar-refractivity contribution in [2.75, 3.05) is 13.7 Å². The lowest BCUT2D eigenvalue weighted by Crippen LogP contribution is -2.41. The van der Waals surface area contributed by atoms with Gasteiger partial charge in [0.25, 0.3) is 5.56 Å². The molecule has 0 amide bonds. The van der Waals surface area contributed by atoms with Crippen LogP contribution < -0.4 is 11.2 Å². The fourth-order valence-corrected chi connectivity index (χ4v) is 4.27. The predicted molar refractivity (Wildman–Crippen MR) is 129 cm³/mol. The summed E-state index contributed by atoms with van der Waals surface area (Å²) < 4.78 is 9.78. The summed E-state index contributed by atoms with van der Waals surface area (Å²) in [7, 11) is 1.55. The van der Waals surface area contributed by atoms with E-state index in [-0.39, 0.29) is 18.7 Å². The zero-order valence-corrected chi connectivity index (χ0v) is 18.6. The molecule has 0 aliphatic heterocycles. The second kappa shape index (κ2) is 8.52. The van der Waals surface area contributed by atoms with E-state index in [0.29, 0.717) is 23.4 Å². The molecule has 0 spiro atoms. The average molecular weight is 441 g/mol. The fraction of sp³-hybridized carbons (Fsp3) is 0.192. The Balaban J connectivity index is 1.82. The first-order valence-electron chi connectivity index (χ1n) is 10.8. The zero-order valence-electron chi connectivity index (χ0n) is 18.6. The number of ether oxygens (including phenoxy) is 1. The second-order valence-corrected chi connectivity index (χ2v) is 8.04. The molecule has 33 heavy (non-hydrogen) atoms. The molecular weight excluding hydrogens is 416 g/mol. The molecule has 0 aliphatic carbocycles. The third-order valence-electron chi connectivity index (χ3n) is 6.03. The lowest BCUT2D eigenvalue weighted by atomic mass is 10.1. The molecule has 5 rings (SSSR count). The van der Waals surface area contributed by atoms with Crippen molar-refractivity contribution in [1.29, 1.82) is 0 Å². The number of hydrogen-bond donors (Lipinski definition) is 0. The Bertz CT molecular complexity index is 1590. The molecule has 3 aromatic carbocycles. The minimum Gasteiger partial charge on any atom is -0.383 e. The third kappa shape index (κ3) is 3.56. The number of rotatable bonds is 6. The molecule has 0 aliphatic rings. The van der Waals surface area contributed by atoms with Crippen LogP contribution in [0.25, 0.3) is 27.6 Å². The van der Waals surface area contributed by atoms with Gasteiger partial charge in [-0.05, 0) is 29.5 Å². The van der Waals surface area contributed by atoms with Gasteiger partial charge in [0.05, 0.1) is 25.2 Å². The molecule has 0 unspecified atom stereocenters. The highest BCUT2D eigenvalue weighted by Gasteiger charge is 2.20. The van der Waals surface area contributed by atoms with E-state index in [9.17, 15) is 9.59 Å². The van der Waals surface area contributed by atoms with Crippen molar-refractivity contribution in [3.05, 3.63) is 105 Å². The molecule has 0 fully saturated rings. The Kier molecular flexibility index (Phi) is 5.40. The summed E-state index contributed by atoms with van der Waals surface area (Å²) in [6, 6.07) is 21.7. The Morgan fingerprint density at radius 2 is 1.70 bits per heavy atom. The standard InChI is InChI=1S/C26H24N4O3/c1-18-8-3-4-10-20(18)16-28-17-27-24-23(28)25(31)29(14-15-33-2)26(32)30(24)22-13-7-11-19-9-5-6-12-21(19)22/h3-13,17H,14-16H2,1-2H3. The zero-order chi connectivity index (χ0) is 22.9. The number of benzene rings is 3. The van der Waals surface area contributed by atoms with Gasteiger partial charge in [0.1, 0.15) is 0 Å². The van der Waals surface area contributed by atoms with E-state index in [1.165, 1.54) is 4.57 Å². The van der Waals surface area contributed by atoms with Gasteiger partial charge in [0.15, 0.2) is 11.2 Å². The van der Waals surface area contributed by atoms with E-state index in [4.69, 9.17) is 4.74 Å². The lowest BCUT2D eigenvalue weighted by Gasteiger charge is -2.14. The molecule has 0 radical (unpaired) electrons. The number of imidazole rings is 1. The third-order valence-corrected chi connectivity index (χ3v) is 6.03. The minimum atomic E-state index is -0.429. The monoisotopic (exact) mass is 440 g/mol. The summed E-state index contributed by atoms with van der Waals surface area (Å²) in [4.78, 5) is 31.6. The van der Waals surface area contributed by atoms with Crippen LogP contribution in [0.15, 0.2) is 82.6 Å². The van der Waals surface area contributed by atoms with E-state index in [0.717, 1.165) is 21.9 Å². The first-order chi connectivity index (χ1) is 16.1. The Labute approximate surface area is 190 Å². The summed E-state index contributed by atoms with van der Waals surface area (Å²) in [6.45, 7) is 2.93. The van der Waals surface area contributed by atoms with Gasteiger partial charge in [0.2, 0.25) is 0 Å². The lowest BCUT2D eigenvalue weighted by molar-refractivity contribution is 0.184. The molecule has 0 atom stereocenters. The number of fused-ring (bicyclic) bond motifs is 2. The van der Waals surface area contributed by atoms with Crippen LogP contribution in [0.3, 0.4) is 0 Å². The van der Waals surface area contributed by atoms with Crippen molar-refractivity contribution in [2.24, 2.45) is 0 Å². The molecule has 0 saturated heterocycles. The summed E-state index contributed by atoms with van der Waals surface area (Å²) in [5.41, 5.74) is 2.85. The van der Waals surface area contributed by atoms with Crippen LogP contribution in [0.1, 0.15) is 11.1 Å². The van der Waals surface area contributed by atoms with E-state index in [1.54, 1.807) is 18.0 Å². The van der Waals surface area contributed by atoms with Crippen LogP contribution in [-0.2, 0) is 17.8 Å². The van der Waals surface area contributed by atoms with Crippen LogP contribution in [-0.4, -0.2) is 32.4 Å². The number of hydrogen-bond acceptors (Lipinski definition) is 4. The molecule has 7 heteroatoms. The van der Waals surface area contributed by atoms with Crippen molar-refractivity contribution in [1.82, 2.24) is 18.7 Å². The van der Waals surface area contributed by atoms with E-state index in [1.807, 2.05) is 78.2 Å². The largest absolute Gasteiger partial charge is 0.383 e. The molecule has 0 saturated carbocycles. The van der Waals surface area contributed by atoms with Gasteiger partial charge in [-0.2, -0.15) is 0 Å². The summed E-state index contributed by atoms with van der Waals surface area (Å²) in [5, 5.41) is 1.91. The SMILES string of the molecule is COCCn1c(=O)c2c(ncn2Cc2ccccc2C)n(-c2cccc3ccccc23)c1=O. The highest BCUT2D eigenvalue weighted by Crippen LogP contribution is 2.23. The summed E-state index contributed by atoms with van der Waals surface area (Å²) >= 11 is 0. The van der Waals surface area contributed by atoms with Gasteiger partial charge >= 0.3 is 5.69 Å². The quantitative estimate of drug-likeness (QED) is 0.405. The second-order valence-electron chi connectivity index (χ2n) is 8.04. The normalized spacial score (nSPS) is 11.5. The van der Waals surface area contributed by atoms with Gasteiger partial charge in [-0.1, -0.05) is 60.7 Å². The van der Waals surface area contributed by atoms with Crippen LogP contribution in [0, 0.1) is 6.92 Å². The Morgan fingerprint density at radius 1 is 0.939 bits per heavy atom. The molecule has 7 nitrogen and oxygen atoms in total. The van der Waals surface area contributed by atoms with Crippen molar-refractivity contribution in [3.63, 3.8) is 0 Å². The number of aromatic nitrogens is 4. The van der Waals surface area contributed by atoms with Crippen molar-refractivity contribution in [2.45, 2.75) is 20.0 Å². The minimum absolute atomic E-state index is 0.157. The Morgan fingerprint density at radius 3 is 2.52 bits per heavy atom. The first-order valence-corrected chi connectivity index (χ1v) is 10.8. The smallest absolute Gasteiger partial charge is 0.337 e. The number of nitrogens with zero attached hydrogens (tertiary/aromatic N) is 4. The molecule has 0 N–H and O–H groups in total. The fourth-order valence-electron chi connectivity index (χ4n) is 4.27. The van der Waals surface area contributed by atoms with Crippen molar-refractivity contribution in [3.8, 4) is 5.69 Å². The maximum Gasteiger partial charge on any atom is 0.337 e. The molecule has 0 bridgehead atoms. The van der Waals surface area contributed by atoms with Gasteiger partial charge < -0.3 is 9.30 Å². The van der Waals surface area contributed by atoms with Crippen LogP contribution in [0.5, 0.6) is 0 Å². The summed E-state index contributed by atoms with van der Waals surface area (Å²) in [5.74, 6) is 0. The topological polar surface area (TPSA) is 71.1 Å². The molecule has 2 aromatic heterocycles. The number of aryl methyl sites for hydroxylation is 1. The van der Waals surface area contributed by atoms with Gasteiger partial charge in [-0.15, -0.1) is 0 Å². The number of methoxy groups -OCH3 is 1. The van der Waals surface area contributed by atoms with Gasteiger partial charge in [-0.25, -0.2) is 14.3 Å². The van der Waals surface area contributed by atoms with Crippen molar-refractivity contribution >= 4 is 21.9 Å². The molecule has 2 heterocycles. The first kappa shape index (κ1) is 20.9. The van der Waals surface area contributed by atoms with Gasteiger partial charge in [-0.3, -0.25) is 9.36 Å². The maximum absolute atomic E-state index is 13.6. The average Bonchev–Trinajstić information content (AvgIpc) is 3.24. The highest BCUT2D eigenvalue weighted by atomic mass is 16.5. The van der Waals surface area contributed by atoms with Crippen molar-refractivity contribution < 1.29 is 4.74 Å². The van der Waals surface area contributed by atoms with Crippen LogP contribution in [0.4, 0.5) is 0 Å². The van der Waals surface area contributed by atoms with E-state index < -0.39 is 5.69 Å². The van der Waals surface area contributed by atoms with E-state index in [2.05, 4.69) is 4.98 Å². The van der Waals surface area contributed by atoms with Gasteiger partial charge in [0, 0.05) is 19.0 Å². The van der Waals surface area contributed by atoms with Crippen LogP contribution >= 0.6 is 0 Å². The summed E-state index contributed by atoms with van der Waals surface area (Å²) in [6.07, 6.45) is 1.64. The van der Waals surface area contributed by atoms with E-state index >= 15 is 0 Å². The predicted octanol–water partition coefficient (Wildman–Crippen LogP) is 3.51.